The van der Waals surface area contributed by atoms with E-state index in [0.29, 0.717) is 0 Å². The van der Waals surface area contributed by atoms with Crippen LogP contribution in [0.4, 0.5) is 11.6 Å². The van der Waals surface area contributed by atoms with E-state index in [1.54, 1.807) is 0 Å². The molecule has 0 atom stereocenters. The van der Waals surface area contributed by atoms with Gasteiger partial charge in [0.1, 0.15) is 17.5 Å². The van der Waals surface area contributed by atoms with Crippen molar-refractivity contribution >= 4 is 23.4 Å². The van der Waals surface area contributed by atoms with Crippen molar-refractivity contribution in [3.63, 3.8) is 0 Å². The van der Waals surface area contributed by atoms with Crippen LogP contribution in [-0.4, -0.2) is 34.1 Å². The van der Waals surface area contributed by atoms with Crippen LogP contribution in [-0.2, 0) is 6.42 Å². The molecule has 0 aliphatic heterocycles. The number of nitrogens with zero attached hydrogens (tertiary/aromatic N) is 2. The number of aryl methyl sites for hydroxylation is 1. The number of hydrogen-bond donors (Lipinski definition) is 2. The Morgan fingerprint density at radius 3 is 2.28 bits per heavy atom. The van der Waals surface area contributed by atoms with Crippen molar-refractivity contribution in [2.45, 2.75) is 38.9 Å². The van der Waals surface area contributed by atoms with Gasteiger partial charge in [-0.2, -0.15) is 11.8 Å². The Kier molecular flexibility index (Phi) is 5.72. The molecular weight excluding hydrogens is 244 g/mol. The average Bonchev–Trinajstić information content (AvgIpc) is 2.37. The van der Waals surface area contributed by atoms with Crippen LogP contribution in [0.25, 0.3) is 0 Å². The van der Waals surface area contributed by atoms with E-state index in [4.69, 9.17) is 0 Å². The number of nitrogens with one attached hydrogen (secondary N) is 2. The molecule has 4 nitrogen and oxygen atoms in total. The van der Waals surface area contributed by atoms with Gasteiger partial charge in [-0.3, -0.25) is 0 Å². The van der Waals surface area contributed by atoms with Gasteiger partial charge in [0.15, 0.2) is 0 Å². The zero-order valence-corrected chi connectivity index (χ0v) is 12.8. The van der Waals surface area contributed by atoms with Gasteiger partial charge in [-0.15, -0.1) is 0 Å². The summed E-state index contributed by atoms with van der Waals surface area (Å²) in [5.41, 5.74) is 0. The normalized spacial score (nSPS) is 11.4. The van der Waals surface area contributed by atoms with E-state index in [2.05, 4.69) is 54.6 Å². The van der Waals surface area contributed by atoms with Gasteiger partial charge in [-0.1, -0.05) is 6.92 Å². The summed E-state index contributed by atoms with van der Waals surface area (Å²) >= 11 is 1.85. The van der Waals surface area contributed by atoms with Crippen molar-refractivity contribution in [3.8, 4) is 0 Å². The van der Waals surface area contributed by atoms with E-state index in [0.717, 1.165) is 37.0 Å². The number of hydrogen-bond acceptors (Lipinski definition) is 5. The topological polar surface area (TPSA) is 49.8 Å². The fourth-order valence-corrected chi connectivity index (χ4v) is 1.61. The van der Waals surface area contributed by atoms with Crippen LogP contribution in [0, 0.1) is 0 Å². The van der Waals surface area contributed by atoms with E-state index in [9.17, 15) is 0 Å². The number of rotatable bonds is 7. The minimum atomic E-state index is 0.204. The molecule has 0 aromatic carbocycles. The Labute approximate surface area is 114 Å². The summed E-state index contributed by atoms with van der Waals surface area (Å²) < 4.78 is 0.204. The Balaban J connectivity index is 2.78. The Morgan fingerprint density at radius 2 is 1.78 bits per heavy atom. The first kappa shape index (κ1) is 15.1. The summed E-state index contributed by atoms with van der Waals surface area (Å²) in [4.78, 5) is 8.94. The van der Waals surface area contributed by atoms with Gasteiger partial charge in [0, 0.05) is 30.3 Å². The van der Waals surface area contributed by atoms with Crippen LogP contribution in [0.5, 0.6) is 0 Å². The van der Waals surface area contributed by atoms with Gasteiger partial charge in [-0.25, -0.2) is 9.97 Å². The zero-order chi connectivity index (χ0) is 13.6. The lowest BCUT2D eigenvalue weighted by atomic mass is 10.2. The predicted molar refractivity (Wildman–Crippen MR) is 81.7 cm³/mol. The standard InChI is InChI=1S/C13H24N4S/c1-6-10-16-11(14-7-2)8-12(17-10)15-9-13(3,4)18-5/h8H,6-7,9H2,1-5H3,(H2,14,15,16,17). The van der Waals surface area contributed by atoms with Gasteiger partial charge in [0.05, 0.1) is 0 Å². The molecule has 0 amide bonds. The van der Waals surface area contributed by atoms with Gasteiger partial charge < -0.3 is 10.6 Å². The molecule has 0 saturated carbocycles. The molecule has 1 heterocycles. The maximum atomic E-state index is 4.50. The molecule has 102 valence electrons. The smallest absolute Gasteiger partial charge is 0.132 e. The van der Waals surface area contributed by atoms with Crippen LogP contribution >= 0.6 is 11.8 Å². The summed E-state index contributed by atoms with van der Waals surface area (Å²) in [6.45, 7) is 10.3. The van der Waals surface area contributed by atoms with Crippen molar-refractivity contribution in [3.05, 3.63) is 11.9 Å². The fraction of sp³-hybridized carbons (Fsp3) is 0.692. The minimum absolute atomic E-state index is 0.204. The van der Waals surface area contributed by atoms with Crippen molar-refractivity contribution < 1.29 is 0 Å². The summed E-state index contributed by atoms with van der Waals surface area (Å²) in [7, 11) is 0. The molecule has 5 heteroatoms. The molecule has 0 aliphatic carbocycles. The molecule has 0 unspecified atom stereocenters. The van der Waals surface area contributed by atoms with E-state index in [1.807, 2.05) is 17.8 Å². The molecular formula is C13H24N4S. The highest BCUT2D eigenvalue weighted by atomic mass is 32.2. The third-order valence-electron chi connectivity index (χ3n) is 2.69. The van der Waals surface area contributed by atoms with E-state index < -0.39 is 0 Å². The second-order valence-electron chi connectivity index (χ2n) is 4.76. The third kappa shape index (κ3) is 4.72. The summed E-state index contributed by atoms with van der Waals surface area (Å²) in [5, 5.41) is 6.63. The molecule has 1 aromatic rings. The van der Waals surface area contributed by atoms with Crippen LogP contribution in [0.15, 0.2) is 6.07 Å². The predicted octanol–water partition coefficient (Wildman–Crippen LogP) is 3.02. The fourth-order valence-electron chi connectivity index (χ4n) is 1.39. The Bertz CT molecular complexity index is 379. The Morgan fingerprint density at radius 1 is 1.17 bits per heavy atom. The van der Waals surface area contributed by atoms with Crippen LogP contribution in [0.2, 0.25) is 0 Å². The summed E-state index contributed by atoms with van der Waals surface area (Å²) in [6.07, 6.45) is 2.98. The molecule has 1 aromatic heterocycles. The highest BCUT2D eigenvalue weighted by Crippen LogP contribution is 2.22. The van der Waals surface area contributed by atoms with Gasteiger partial charge in [0.25, 0.3) is 0 Å². The SMILES string of the molecule is CCNc1cc(NCC(C)(C)SC)nc(CC)n1. The van der Waals surface area contributed by atoms with Gasteiger partial charge >= 0.3 is 0 Å². The molecule has 0 aliphatic rings. The largest absolute Gasteiger partial charge is 0.370 e. The number of thioether (sulfide) groups is 1. The lowest BCUT2D eigenvalue weighted by molar-refractivity contribution is 0.748. The second-order valence-corrected chi connectivity index (χ2v) is 6.27. The summed E-state index contributed by atoms with van der Waals surface area (Å²) in [6, 6.07) is 1.97. The summed E-state index contributed by atoms with van der Waals surface area (Å²) in [5.74, 6) is 2.67. The van der Waals surface area contributed by atoms with Crippen molar-refractivity contribution in [1.29, 1.82) is 0 Å². The molecule has 0 saturated heterocycles. The molecule has 18 heavy (non-hydrogen) atoms. The zero-order valence-electron chi connectivity index (χ0n) is 12.0. The first-order valence-corrected chi connectivity index (χ1v) is 7.64. The number of anilines is 2. The van der Waals surface area contributed by atoms with Crippen LogP contribution in [0.1, 0.15) is 33.5 Å². The van der Waals surface area contributed by atoms with E-state index >= 15 is 0 Å². The first-order valence-electron chi connectivity index (χ1n) is 6.41. The van der Waals surface area contributed by atoms with Crippen LogP contribution < -0.4 is 10.6 Å². The Hall–Kier alpha value is -0.970. The lowest BCUT2D eigenvalue weighted by Gasteiger charge is -2.22. The van der Waals surface area contributed by atoms with E-state index in [1.165, 1.54) is 0 Å². The van der Waals surface area contributed by atoms with Crippen LogP contribution in [0.3, 0.4) is 0 Å². The quantitative estimate of drug-likeness (QED) is 0.796. The molecule has 0 fully saturated rings. The lowest BCUT2D eigenvalue weighted by Crippen LogP contribution is -2.26. The third-order valence-corrected chi connectivity index (χ3v) is 3.94. The maximum absolute atomic E-state index is 4.50. The second kappa shape index (κ2) is 6.83. The minimum Gasteiger partial charge on any atom is -0.370 e. The molecule has 0 radical (unpaired) electrons. The first-order chi connectivity index (χ1) is 8.50. The van der Waals surface area contributed by atoms with Gasteiger partial charge in [-0.05, 0) is 27.0 Å². The molecule has 0 bridgehead atoms. The van der Waals surface area contributed by atoms with E-state index in [-0.39, 0.29) is 4.75 Å². The number of aromatic nitrogens is 2. The average molecular weight is 268 g/mol. The van der Waals surface area contributed by atoms with Crippen molar-refractivity contribution in [2.75, 3.05) is 30.0 Å². The highest BCUT2D eigenvalue weighted by Gasteiger charge is 2.15. The van der Waals surface area contributed by atoms with Crippen molar-refractivity contribution in [2.24, 2.45) is 0 Å². The molecule has 2 N–H and O–H groups in total. The highest BCUT2D eigenvalue weighted by molar-refractivity contribution is 7.99. The molecule has 1 rings (SSSR count). The maximum Gasteiger partial charge on any atom is 0.132 e. The van der Waals surface area contributed by atoms with Gasteiger partial charge in [0.2, 0.25) is 0 Å². The monoisotopic (exact) mass is 268 g/mol. The van der Waals surface area contributed by atoms with Crippen molar-refractivity contribution in [1.82, 2.24) is 9.97 Å². The molecule has 0 spiro atoms.